The molecule has 2 aromatic rings. The van der Waals surface area contributed by atoms with Crippen LogP contribution in [0.1, 0.15) is 23.3 Å². The molecule has 0 unspecified atom stereocenters. The van der Waals surface area contributed by atoms with Crippen LogP contribution >= 0.6 is 11.3 Å². The molecule has 206 valence electrons. The van der Waals surface area contributed by atoms with Crippen LogP contribution in [0.4, 0.5) is 26.3 Å². The lowest BCUT2D eigenvalue weighted by atomic mass is 10.1. The molecule has 2 N–H and O–H groups in total. The summed E-state index contributed by atoms with van der Waals surface area (Å²) in [5.41, 5.74) is 1.13. The van der Waals surface area contributed by atoms with Gasteiger partial charge in [0.2, 0.25) is 0 Å². The number of halogens is 6. The number of ether oxygens (including phenoxy) is 2. The van der Waals surface area contributed by atoms with Gasteiger partial charge in [-0.1, -0.05) is 12.1 Å². The molecule has 1 aliphatic carbocycles. The molecule has 2 aliphatic rings. The average Bonchev–Trinajstić information content (AvgIpc) is 3.48. The molecule has 3 atom stereocenters. The zero-order valence-corrected chi connectivity index (χ0v) is 19.9. The number of aliphatic carboxylic acids is 2. The van der Waals surface area contributed by atoms with E-state index in [2.05, 4.69) is 33.5 Å². The molecule has 15 heteroatoms. The lowest BCUT2D eigenvalue weighted by Crippen LogP contribution is -2.51. The Balaban J connectivity index is 0.000000286. The predicted octanol–water partition coefficient (Wildman–Crippen LogP) is 4.36. The van der Waals surface area contributed by atoms with Gasteiger partial charge in [0.15, 0.2) is 0 Å². The van der Waals surface area contributed by atoms with E-state index >= 15 is 0 Å². The number of fused-ring (bicyclic) bond motifs is 1. The van der Waals surface area contributed by atoms with Gasteiger partial charge in [-0.2, -0.15) is 26.3 Å². The molecular formula is C22H24F6N2O6S. The molecule has 0 bridgehead atoms. The van der Waals surface area contributed by atoms with Crippen LogP contribution in [-0.4, -0.2) is 75.8 Å². The number of aromatic nitrogens is 1. The first-order valence-electron chi connectivity index (χ1n) is 10.8. The summed E-state index contributed by atoms with van der Waals surface area (Å²) in [5, 5.41) is 16.4. The van der Waals surface area contributed by atoms with Gasteiger partial charge >= 0.3 is 24.3 Å². The second kappa shape index (κ2) is 13.7. The van der Waals surface area contributed by atoms with Crippen LogP contribution in [0.5, 0.6) is 0 Å². The first kappa shape index (κ1) is 30.5. The van der Waals surface area contributed by atoms with E-state index in [1.807, 2.05) is 23.6 Å². The van der Waals surface area contributed by atoms with E-state index in [0.29, 0.717) is 12.6 Å². The number of alkyl halides is 6. The number of hydrogen-bond acceptors (Lipinski definition) is 7. The van der Waals surface area contributed by atoms with Crippen molar-refractivity contribution in [2.24, 2.45) is 0 Å². The number of carbonyl (C=O) groups is 2. The molecular weight excluding hydrogens is 534 g/mol. The highest BCUT2D eigenvalue weighted by molar-refractivity contribution is 7.09. The maximum absolute atomic E-state index is 10.6. The monoisotopic (exact) mass is 558 g/mol. The SMILES string of the molecule is O=C(O)C(F)(F)F.O=C(O)C(F)(F)F.c1cncc(CO[C@@H]2CC[C@H]3[C@H]2OCCN3Cc2cccs2)c1. The molecule has 0 aromatic carbocycles. The Morgan fingerprint density at radius 1 is 1.08 bits per heavy atom. The van der Waals surface area contributed by atoms with E-state index in [0.717, 1.165) is 38.1 Å². The van der Waals surface area contributed by atoms with Gasteiger partial charge in [-0.25, -0.2) is 9.59 Å². The van der Waals surface area contributed by atoms with Gasteiger partial charge in [0.25, 0.3) is 0 Å². The Kier molecular flexibility index (Phi) is 11.3. The number of pyridine rings is 1. The van der Waals surface area contributed by atoms with Crippen molar-refractivity contribution in [3.63, 3.8) is 0 Å². The quantitative estimate of drug-likeness (QED) is 0.522. The third-order valence-electron chi connectivity index (χ3n) is 5.26. The van der Waals surface area contributed by atoms with Gasteiger partial charge in [0, 0.05) is 36.4 Å². The highest BCUT2D eigenvalue weighted by atomic mass is 32.1. The van der Waals surface area contributed by atoms with E-state index in [9.17, 15) is 26.3 Å². The number of morpholine rings is 1. The van der Waals surface area contributed by atoms with Crippen molar-refractivity contribution in [3.8, 4) is 0 Å². The van der Waals surface area contributed by atoms with Crippen LogP contribution in [-0.2, 0) is 32.2 Å². The minimum absolute atomic E-state index is 0.200. The zero-order valence-electron chi connectivity index (χ0n) is 19.1. The highest BCUT2D eigenvalue weighted by Gasteiger charge is 2.43. The summed E-state index contributed by atoms with van der Waals surface area (Å²) in [4.78, 5) is 26.0. The molecule has 0 amide bonds. The molecule has 3 heterocycles. The molecule has 1 saturated carbocycles. The fourth-order valence-electron chi connectivity index (χ4n) is 3.66. The van der Waals surface area contributed by atoms with Crippen molar-refractivity contribution in [1.29, 1.82) is 0 Å². The maximum atomic E-state index is 10.6. The maximum Gasteiger partial charge on any atom is 0.490 e. The van der Waals surface area contributed by atoms with Crippen LogP contribution in [0.25, 0.3) is 0 Å². The van der Waals surface area contributed by atoms with Crippen LogP contribution in [0.2, 0.25) is 0 Å². The fourth-order valence-corrected chi connectivity index (χ4v) is 4.39. The van der Waals surface area contributed by atoms with Gasteiger partial charge in [-0.3, -0.25) is 9.88 Å². The molecule has 1 aliphatic heterocycles. The van der Waals surface area contributed by atoms with E-state index in [4.69, 9.17) is 29.3 Å². The first-order chi connectivity index (χ1) is 17.3. The summed E-state index contributed by atoms with van der Waals surface area (Å²) in [6.07, 6.45) is -3.85. The third-order valence-corrected chi connectivity index (χ3v) is 6.12. The average molecular weight is 558 g/mol. The van der Waals surface area contributed by atoms with Crippen LogP contribution in [0.15, 0.2) is 42.0 Å². The summed E-state index contributed by atoms with van der Waals surface area (Å²) in [6, 6.07) is 8.86. The highest BCUT2D eigenvalue weighted by Crippen LogP contribution is 2.33. The van der Waals surface area contributed by atoms with E-state index in [1.165, 1.54) is 4.88 Å². The van der Waals surface area contributed by atoms with Crippen molar-refractivity contribution in [1.82, 2.24) is 9.88 Å². The van der Waals surface area contributed by atoms with E-state index in [-0.39, 0.29) is 12.2 Å². The fraction of sp³-hybridized carbons (Fsp3) is 0.500. The minimum Gasteiger partial charge on any atom is -0.475 e. The molecule has 0 radical (unpaired) electrons. The van der Waals surface area contributed by atoms with Crippen molar-refractivity contribution in [3.05, 3.63) is 52.5 Å². The third kappa shape index (κ3) is 10.3. The molecule has 0 spiro atoms. The number of hydrogen-bond donors (Lipinski definition) is 2. The number of carboxylic acid groups (broad SMARTS) is 2. The number of carboxylic acids is 2. The van der Waals surface area contributed by atoms with Crippen LogP contribution in [0, 0.1) is 0 Å². The second-order valence-electron chi connectivity index (χ2n) is 7.85. The first-order valence-corrected chi connectivity index (χ1v) is 11.7. The van der Waals surface area contributed by atoms with Crippen molar-refractivity contribution < 1.29 is 55.6 Å². The molecule has 2 aromatic heterocycles. The topological polar surface area (TPSA) is 109 Å². The number of thiophene rings is 1. The standard InChI is InChI=1S/C18H22N2O2S.2C2HF3O2/c1-3-14(11-19-7-1)13-22-17-6-5-16-18(17)21-9-8-20(16)12-15-4-2-10-23-15;2*3-2(4,5)1(6)7/h1-4,7,10-11,16-18H,5-6,8-9,12-13H2;2*(H,6,7)/t16-,17+,18+;;/m0../s1. The summed E-state index contributed by atoms with van der Waals surface area (Å²) >= 11 is 1.84. The summed E-state index contributed by atoms with van der Waals surface area (Å²) in [6.45, 7) is 3.49. The molecule has 8 nitrogen and oxygen atoms in total. The van der Waals surface area contributed by atoms with Gasteiger partial charge in [0.05, 0.1) is 25.4 Å². The largest absolute Gasteiger partial charge is 0.490 e. The van der Waals surface area contributed by atoms with Gasteiger partial charge in [-0.05, 0) is 35.9 Å². The number of rotatable bonds is 5. The van der Waals surface area contributed by atoms with Crippen molar-refractivity contribution in [2.75, 3.05) is 13.2 Å². The van der Waals surface area contributed by atoms with Gasteiger partial charge in [-0.15, -0.1) is 11.3 Å². The second-order valence-corrected chi connectivity index (χ2v) is 8.88. The Morgan fingerprint density at radius 2 is 1.73 bits per heavy atom. The van der Waals surface area contributed by atoms with Crippen molar-refractivity contribution in [2.45, 2.75) is 56.6 Å². The smallest absolute Gasteiger partial charge is 0.475 e. The minimum atomic E-state index is -5.08. The summed E-state index contributed by atoms with van der Waals surface area (Å²) < 4.78 is 75.7. The van der Waals surface area contributed by atoms with Crippen LogP contribution in [0.3, 0.4) is 0 Å². The Morgan fingerprint density at radius 3 is 2.24 bits per heavy atom. The lowest BCUT2D eigenvalue weighted by molar-refractivity contribution is -0.193. The van der Waals surface area contributed by atoms with Crippen molar-refractivity contribution >= 4 is 23.3 Å². The van der Waals surface area contributed by atoms with Gasteiger partial charge in [0.1, 0.15) is 0 Å². The summed E-state index contributed by atoms with van der Waals surface area (Å²) in [7, 11) is 0. The van der Waals surface area contributed by atoms with E-state index in [1.54, 1.807) is 6.20 Å². The zero-order chi connectivity index (χ0) is 27.6. The van der Waals surface area contributed by atoms with Gasteiger partial charge < -0.3 is 19.7 Å². The normalized spacial score (nSPS) is 21.6. The predicted molar refractivity (Wildman–Crippen MR) is 118 cm³/mol. The Labute approximate surface area is 211 Å². The number of nitrogens with zero attached hydrogens (tertiary/aromatic N) is 2. The lowest BCUT2D eigenvalue weighted by Gasteiger charge is -2.38. The van der Waals surface area contributed by atoms with E-state index < -0.39 is 24.3 Å². The Hall–Kier alpha value is -2.75. The summed E-state index contributed by atoms with van der Waals surface area (Å²) in [5.74, 6) is -5.51. The molecule has 4 rings (SSSR count). The Bertz CT molecular complexity index is 950. The molecule has 1 saturated heterocycles. The molecule has 2 fully saturated rings. The molecule has 37 heavy (non-hydrogen) atoms. The van der Waals surface area contributed by atoms with Crippen LogP contribution < -0.4 is 0 Å².